The van der Waals surface area contributed by atoms with E-state index in [1.54, 1.807) is 14.2 Å². The zero-order chi connectivity index (χ0) is 25.4. The number of nitrogens with one attached hydrogen (secondary N) is 1. The number of rotatable bonds is 11. The van der Waals surface area contributed by atoms with E-state index in [1.807, 2.05) is 0 Å². The molecule has 3 fully saturated rings. The van der Waals surface area contributed by atoms with Crippen molar-refractivity contribution in [1.82, 2.24) is 10.2 Å². The zero-order valence-electron chi connectivity index (χ0n) is 22.1. The van der Waals surface area contributed by atoms with E-state index in [1.165, 1.54) is 5.57 Å². The van der Waals surface area contributed by atoms with Crippen LogP contribution in [-0.2, 0) is 30.2 Å². The van der Waals surface area contributed by atoms with Gasteiger partial charge in [-0.1, -0.05) is 30.6 Å². The second-order valence-corrected chi connectivity index (χ2v) is 11.1. The Bertz CT molecular complexity index is 922. The molecule has 9 heteroatoms. The molecule has 0 amide bonds. The molecule has 1 spiro atoms. The average Bonchev–Trinajstić information content (AvgIpc) is 3.67. The van der Waals surface area contributed by atoms with Crippen molar-refractivity contribution in [2.24, 2.45) is 17.8 Å². The third-order valence-corrected chi connectivity index (χ3v) is 8.01. The predicted molar refractivity (Wildman–Crippen MR) is 130 cm³/mol. The average molecular weight is 492 g/mol. The largest absolute Gasteiger partial charge is 0.460 e. The van der Waals surface area contributed by atoms with Crippen LogP contribution < -0.4 is 5.32 Å². The Morgan fingerprint density at radius 2 is 2.06 bits per heavy atom. The van der Waals surface area contributed by atoms with Crippen LogP contribution in [0, 0.1) is 17.8 Å². The van der Waals surface area contributed by atoms with Gasteiger partial charge in [0.15, 0.2) is 0 Å². The van der Waals surface area contributed by atoms with Crippen molar-refractivity contribution >= 4 is 12.0 Å². The summed E-state index contributed by atoms with van der Waals surface area (Å²) in [5, 5.41) is 10.8. The molecule has 2 saturated heterocycles. The number of ether oxygens (including phenoxy) is 4. The Morgan fingerprint density at radius 1 is 1.31 bits per heavy atom. The van der Waals surface area contributed by atoms with Crippen LogP contribution >= 0.6 is 0 Å². The molecule has 1 saturated carbocycles. The first-order valence-corrected chi connectivity index (χ1v) is 12.8. The van der Waals surface area contributed by atoms with Crippen molar-refractivity contribution in [3.05, 3.63) is 17.5 Å². The third kappa shape index (κ3) is 5.57. The molecule has 196 valence electrons. The van der Waals surface area contributed by atoms with Gasteiger partial charge in [0.05, 0.1) is 18.6 Å². The number of epoxide rings is 2. The summed E-state index contributed by atoms with van der Waals surface area (Å²) in [5.41, 5.74) is 0.695. The molecule has 4 rings (SSSR count). The van der Waals surface area contributed by atoms with Crippen LogP contribution in [0.4, 0.5) is 6.01 Å². The van der Waals surface area contributed by atoms with E-state index in [-0.39, 0.29) is 59.7 Å². The minimum atomic E-state index is -0.350. The first-order chi connectivity index (χ1) is 16.6. The van der Waals surface area contributed by atoms with Gasteiger partial charge in [-0.3, -0.25) is 4.79 Å². The van der Waals surface area contributed by atoms with Crippen LogP contribution in [-0.4, -0.2) is 66.4 Å². The van der Waals surface area contributed by atoms with E-state index < -0.39 is 0 Å². The number of aromatic nitrogens is 2. The quantitative estimate of drug-likeness (QED) is 0.279. The highest BCUT2D eigenvalue weighted by atomic mass is 16.6. The van der Waals surface area contributed by atoms with Crippen molar-refractivity contribution in [1.29, 1.82) is 0 Å². The maximum absolute atomic E-state index is 13.1. The summed E-state index contributed by atoms with van der Waals surface area (Å²) >= 11 is 0. The molecule has 3 aliphatic rings. The number of methoxy groups -OCH3 is 1. The molecule has 1 aromatic rings. The van der Waals surface area contributed by atoms with Gasteiger partial charge in [-0.05, 0) is 51.9 Å². The summed E-state index contributed by atoms with van der Waals surface area (Å²) in [7, 11) is 3.43. The number of nitrogens with zero attached hydrogens (tertiary/aromatic N) is 2. The molecule has 9 nitrogen and oxygen atoms in total. The molecule has 0 aromatic carbocycles. The molecule has 35 heavy (non-hydrogen) atoms. The highest BCUT2D eigenvalue weighted by Crippen LogP contribution is 2.59. The maximum Gasteiger partial charge on any atom is 0.315 e. The Balaban J connectivity index is 1.41. The standard InChI is InChI=1S/C26H41N3O6/c1-15(2)8-9-19-25(5,35-19)23-22(31-7)18(10-11-26(23)14-32-26)33-21(30)13-17(16(3)4)12-20-28-29-24(27-6)34-20/h8,16-19,22-23H,9-14H2,1-7H3,(H,27,29)/t17-,18+,19+,22+,23+,25-,26-/m0/s1. The molecular formula is C26H41N3O6. The number of anilines is 1. The van der Waals surface area contributed by atoms with Crippen LogP contribution in [0.5, 0.6) is 0 Å². The summed E-state index contributed by atoms with van der Waals surface area (Å²) in [6.07, 6.45) is 4.97. The lowest BCUT2D eigenvalue weighted by Crippen LogP contribution is -2.55. The molecule has 2 aliphatic heterocycles. The minimum Gasteiger partial charge on any atom is -0.460 e. The lowest BCUT2D eigenvalue weighted by atomic mass is 9.68. The number of hydrogen-bond donors (Lipinski definition) is 1. The van der Waals surface area contributed by atoms with E-state index in [2.05, 4.69) is 56.2 Å². The van der Waals surface area contributed by atoms with Crippen LogP contribution in [0.2, 0.25) is 0 Å². The van der Waals surface area contributed by atoms with E-state index in [9.17, 15) is 4.79 Å². The van der Waals surface area contributed by atoms with Crippen molar-refractivity contribution in [3.8, 4) is 0 Å². The number of esters is 1. The van der Waals surface area contributed by atoms with Crippen LogP contribution in [0.3, 0.4) is 0 Å². The number of allylic oxidation sites excluding steroid dienone is 1. The van der Waals surface area contributed by atoms with Gasteiger partial charge < -0.3 is 28.7 Å². The van der Waals surface area contributed by atoms with Gasteiger partial charge in [-0.15, -0.1) is 5.10 Å². The summed E-state index contributed by atoms with van der Waals surface area (Å²) in [6, 6.07) is 0.371. The predicted octanol–water partition coefficient (Wildman–Crippen LogP) is 3.94. The number of carbonyl (C=O) groups is 1. The Morgan fingerprint density at radius 3 is 2.63 bits per heavy atom. The second kappa shape index (κ2) is 10.2. The first-order valence-electron chi connectivity index (χ1n) is 12.8. The van der Waals surface area contributed by atoms with Gasteiger partial charge in [-0.25, -0.2) is 0 Å². The smallest absolute Gasteiger partial charge is 0.315 e. The van der Waals surface area contributed by atoms with E-state index in [0.717, 1.165) is 19.3 Å². The van der Waals surface area contributed by atoms with E-state index in [4.69, 9.17) is 23.4 Å². The van der Waals surface area contributed by atoms with Gasteiger partial charge in [-0.2, -0.15) is 0 Å². The molecule has 1 aliphatic carbocycles. The Kier molecular flexibility index (Phi) is 7.60. The van der Waals surface area contributed by atoms with E-state index in [0.29, 0.717) is 24.9 Å². The molecular weight excluding hydrogens is 450 g/mol. The SMILES string of the molecule is CNc1nnc(C[C@@H](CC(=O)O[C@@H]2CC[C@]3(CO3)[C@@H]([C@@]3(C)O[C@@H]3CC=C(C)C)[C@@H]2OC)C(C)C)o1. The molecule has 1 N–H and O–H groups in total. The van der Waals surface area contributed by atoms with Gasteiger partial charge in [0.25, 0.3) is 0 Å². The minimum absolute atomic E-state index is 0.0152. The Labute approximate surface area is 208 Å². The first kappa shape index (κ1) is 26.1. The lowest BCUT2D eigenvalue weighted by molar-refractivity contribution is -0.173. The molecule has 7 atom stereocenters. The fraction of sp³-hybridized carbons (Fsp3) is 0.808. The molecule has 0 unspecified atom stereocenters. The van der Waals surface area contributed by atoms with Crippen molar-refractivity contribution in [2.45, 2.75) is 96.2 Å². The topological polar surface area (TPSA) is 112 Å². The zero-order valence-corrected chi connectivity index (χ0v) is 22.1. The summed E-state index contributed by atoms with van der Waals surface area (Å²) < 4.78 is 29.9. The second-order valence-electron chi connectivity index (χ2n) is 11.1. The lowest BCUT2D eigenvalue weighted by Gasteiger charge is -2.42. The van der Waals surface area contributed by atoms with Crippen LogP contribution in [0.1, 0.15) is 66.2 Å². The fourth-order valence-electron chi connectivity index (χ4n) is 5.71. The highest BCUT2D eigenvalue weighted by molar-refractivity contribution is 5.70. The third-order valence-electron chi connectivity index (χ3n) is 8.01. The molecule has 1 aromatic heterocycles. The molecule has 0 bridgehead atoms. The number of carbonyl (C=O) groups excluding carboxylic acids is 1. The van der Waals surface area contributed by atoms with Gasteiger partial charge in [0, 0.05) is 27.0 Å². The summed E-state index contributed by atoms with van der Waals surface area (Å²) in [5.74, 6) is 0.591. The molecule has 0 radical (unpaired) electrons. The van der Waals surface area contributed by atoms with Gasteiger partial charge in [0.1, 0.15) is 23.4 Å². The van der Waals surface area contributed by atoms with Gasteiger partial charge >= 0.3 is 12.0 Å². The van der Waals surface area contributed by atoms with Crippen molar-refractivity contribution in [3.63, 3.8) is 0 Å². The van der Waals surface area contributed by atoms with Crippen LogP contribution in [0.15, 0.2) is 16.1 Å². The summed E-state index contributed by atoms with van der Waals surface area (Å²) in [4.78, 5) is 13.1. The van der Waals surface area contributed by atoms with E-state index >= 15 is 0 Å². The highest BCUT2D eigenvalue weighted by Gasteiger charge is 2.72. The Hall–Kier alpha value is -1.97. The van der Waals surface area contributed by atoms with Gasteiger partial charge in [0.2, 0.25) is 5.89 Å². The molecule has 3 heterocycles. The normalized spacial score (nSPS) is 34.5. The maximum atomic E-state index is 13.1. The van der Waals surface area contributed by atoms with Crippen LogP contribution in [0.25, 0.3) is 0 Å². The number of hydrogen-bond acceptors (Lipinski definition) is 9. The van der Waals surface area contributed by atoms with Crippen molar-refractivity contribution in [2.75, 3.05) is 26.1 Å². The monoisotopic (exact) mass is 491 g/mol. The fourth-order valence-corrected chi connectivity index (χ4v) is 5.71. The van der Waals surface area contributed by atoms with Crippen molar-refractivity contribution < 1.29 is 28.2 Å². The summed E-state index contributed by atoms with van der Waals surface area (Å²) in [6.45, 7) is 11.2.